The van der Waals surface area contributed by atoms with E-state index in [-0.39, 0.29) is 11.6 Å². The fourth-order valence-corrected chi connectivity index (χ4v) is 0.983. The first-order valence-electron chi connectivity index (χ1n) is 4.59. The van der Waals surface area contributed by atoms with Crippen LogP contribution < -0.4 is 11.1 Å². The molecule has 80 valence electrons. The lowest BCUT2D eigenvalue weighted by molar-refractivity contribution is 0.0949. The average molecular weight is 207 g/mol. The van der Waals surface area contributed by atoms with Gasteiger partial charge in [0.15, 0.2) is 5.69 Å². The highest BCUT2D eigenvalue weighted by Gasteiger charge is 2.08. The number of hydrogen-bond acceptors (Lipinski definition) is 4. The Morgan fingerprint density at radius 2 is 2.53 bits per heavy atom. The molecule has 0 saturated heterocycles. The van der Waals surface area contributed by atoms with E-state index in [1.807, 2.05) is 0 Å². The third-order valence-electron chi connectivity index (χ3n) is 1.68. The number of nitrogens with zero attached hydrogens (tertiary/aromatic N) is 3. The van der Waals surface area contributed by atoms with Crippen molar-refractivity contribution in [3.05, 3.63) is 11.9 Å². The van der Waals surface area contributed by atoms with Gasteiger partial charge in [0.05, 0.1) is 12.7 Å². The molecule has 1 heterocycles. The zero-order valence-electron chi connectivity index (χ0n) is 8.31. The molecule has 0 aliphatic carbocycles. The highest BCUT2D eigenvalue weighted by molar-refractivity contribution is 5.91. The molecule has 1 amide bonds. The fourth-order valence-electron chi connectivity index (χ4n) is 0.983. The number of nitrogens with two attached hydrogens (primary N) is 1. The maximum absolute atomic E-state index is 11.4. The van der Waals surface area contributed by atoms with Crippen molar-refractivity contribution in [1.82, 2.24) is 20.3 Å². The van der Waals surface area contributed by atoms with Crippen LogP contribution in [0.3, 0.4) is 0 Å². The number of terminal acetylenes is 1. The van der Waals surface area contributed by atoms with Crippen LogP contribution in [-0.2, 0) is 6.54 Å². The van der Waals surface area contributed by atoms with Crippen molar-refractivity contribution in [2.45, 2.75) is 13.0 Å². The summed E-state index contributed by atoms with van der Waals surface area (Å²) in [6, 6.07) is 0. The molecule has 0 unspecified atom stereocenters. The first kappa shape index (κ1) is 11.2. The van der Waals surface area contributed by atoms with Crippen LogP contribution in [0, 0.1) is 12.3 Å². The van der Waals surface area contributed by atoms with Gasteiger partial charge in [-0.25, -0.2) is 0 Å². The SMILES string of the molecule is C#CCCNC(=O)c1cn(CCN)nn1. The van der Waals surface area contributed by atoms with E-state index in [0.717, 1.165) is 0 Å². The summed E-state index contributed by atoms with van der Waals surface area (Å²) in [5.74, 6) is 2.16. The van der Waals surface area contributed by atoms with Gasteiger partial charge in [-0.3, -0.25) is 9.48 Å². The fraction of sp³-hybridized carbons (Fsp3) is 0.444. The minimum absolute atomic E-state index is 0.270. The summed E-state index contributed by atoms with van der Waals surface area (Å²) in [5, 5.41) is 10.1. The minimum Gasteiger partial charge on any atom is -0.350 e. The van der Waals surface area contributed by atoms with Crippen molar-refractivity contribution in [2.24, 2.45) is 5.73 Å². The first-order valence-corrected chi connectivity index (χ1v) is 4.59. The third kappa shape index (κ3) is 3.40. The lowest BCUT2D eigenvalue weighted by Gasteiger charge is -1.97. The van der Waals surface area contributed by atoms with Crippen LogP contribution in [0.15, 0.2) is 6.20 Å². The Morgan fingerprint density at radius 3 is 3.20 bits per heavy atom. The highest BCUT2D eigenvalue weighted by Crippen LogP contribution is 1.92. The van der Waals surface area contributed by atoms with Gasteiger partial charge in [-0.2, -0.15) is 0 Å². The third-order valence-corrected chi connectivity index (χ3v) is 1.68. The number of nitrogens with one attached hydrogen (secondary N) is 1. The van der Waals surface area contributed by atoms with Crippen molar-refractivity contribution in [3.8, 4) is 12.3 Å². The molecule has 1 aromatic rings. The van der Waals surface area contributed by atoms with Crippen molar-refractivity contribution in [3.63, 3.8) is 0 Å². The van der Waals surface area contributed by atoms with Crippen LogP contribution in [0.1, 0.15) is 16.9 Å². The van der Waals surface area contributed by atoms with Gasteiger partial charge in [0.2, 0.25) is 0 Å². The lowest BCUT2D eigenvalue weighted by atomic mass is 10.4. The molecule has 0 saturated carbocycles. The van der Waals surface area contributed by atoms with Gasteiger partial charge in [0, 0.05) is 19.5 Å². The molecular weight excluding hydrogens is 194 g/mol. The monoisotopic (exact) mass is 207 g/mol. The molecule has 0 bridgehead atoms. The van der Waals surface area contributed by atoms with Gasteiger partial charge in [-0.1, -0.05) is 5.21 Å². The Hall–Kier alpha value is -1.87. The maximum Gasteiger partial charge on any atom is 0.273 e. The summed E-state index contributed by atoms with van der Waals surface area (Å²) in [4.78, 5) is 11.4. The minimum atomic E-state index is -0.270. The standard InChI is InChI=1S/C9H13N5O/c1-2-3-5-11-9(15)8-7-14(6-4-10)13-12-8/h1,7H,3-6,10H2,(H,11,15). The van der Waals surface area contributed by atoms with Crippen molar-refractivity contribution < 1.29 is 4.79 Å². The van der Waals surface area contributed by atoms with Crippen LogP contribution in [0.4, 0.5) is 0 Å². The molecule has 0 fully saturated rings. The molecule has 0 aromatic carbocycles. The van der Waals surface area contributed by atoms with Crippen LogP contribution >= 0.6 is 0 Å². The van der Waals surface area contributed by atoms with Crippen LogP contribution in [0.5, 0.6) is 0 Å². The van der Waals surface area contributed by atoms with Crippen molar-refractivity contribution >= 4 is 5.91 Å². The molecule has 0 aliphatic rings. The first-order chi connectivity index (χ1) is 7.27. The van der Waals surface area contributed by atoms with Crippen LogP contribution in [0.2, 0.25) is 0 Å². The quantitative estimate of drug-likeness (QED) is 0.478. The van der Waals surface area contributed by atoms with Crippen LogP contribution in [-0.4, -0.2) is 34.0 Å². The van der Waals surface area contributed by atoms with Gasteiger partial charge >= 0.3 is 0 Å². The Balaban J connectivity index is 2.47. The summed E-state index contributed by atoms with van der Waals surface area (Å²) in [7, 11) is 0. The lowest BCUT2D eigenvalue weighted by Crippen LogP contribution is -2.24. The largest absolute Gasteiger partial charge is 0.350 e. The summed E-state index contributed by atoms with van der Waals surface area (Å²) >= 11 is 0. The Kier molecular flexibility index (Phi) is 4.31. The molecule has 0 spiro atoms. The van der Waals surface area contributed by atoms with E-state index in [9.17, 15) is 4.79 Å². The second kappa shape index (κ2) is 5.78. The van der Waals surface area contributed by atoms with Gasteiger partial charge in [0.25, 0.3) is 5.91 Å². The smallest absolute Gasteiger partial charge is 0.273 e. The molecular formula is C9H13N5O. The average Bonchev–Trinajstić information content (AvgIpc) is 2.67. The summed E-state index contributed by atoms with van der Waals surface area (Å²) in [5.41, 5.74) is 5.61. The van der Waals surface area contributed by atoms with E-state index in [1.165, 1.54) is 4.68 Å². The van der Waals surface area contributed by atoms with Crippen molar-refractivity contribution in [1.29, 1.82) is 0 Å². The number of aromatic nitrogens is 3. The predicted molar refractivity (Wildman–Crippen MR) is 54.9 cm³/mol. The van der Waals surface area contributed by atoms with E-state index >= 15 is 0 Å². The number of amides is 1. The summed E-state index contributed by atoms with van der Waals surface area (Å²) in [6.45, 7) is 1.45. The van der Waals surface area contributed by atoms with Gasteiger partial charge < -0.3 is 11.1 Å². The van der Waals surface area contributed by atoms with E-state index in [4.69, 9.17) is 12.2 Å². The molecule has 0 radical (unpaired) electrons. The zero-order valence-corrected chi connectivity index (χ0v) is 8.31. The Bertz CT molecular complexity index is 365. The number of hydrogen-bond donors (Lipinski definition) is 2. The molecule has 6 nitrogen and oxygen atoms in total. The molecule has 3 N–H and O–H groups in total. The van der Waals surface area contributed by atoms with Gasteiger partial charge in [0.1, 0.15) is 0 Å². The van der Waals surface area contributed by atoms with Crippen LogP contribution in [0.25, 0.3) is 0 Å². The summed E-state index contributed by atoms with van der Waals surface area (Å²) < 4.78 is 1.52. The predicted octanol–water partition coefficient (Wildman–Crippen LogP) is -1.01. The maximum atomic E-state index is 11.4. The number of rotatable bonds is 5. The van der Waals surface area contributed by atoms with E-state index < -0.39 is 0 Å². The summed E-state index contributed by atoms with van der Waals surface area (Å²) in [6.07, 6.45) is 7.11. The number of carbonyl (C=O) groups excluding carboxylic acids is 1. The number of carbonyl (C=O) groups is 1. The highest BCUT2D eigenvalue weighted by atomic mass is 16.1. The molecule has 0 aliphatic heterocycles. The molecule has 1 rings (SSSR count). The van der Waals surface area contributed by atoms with Gasteiger partial charge in [-0.05, 0) is 0 Å². The molecule has 6 heteroatoms. The Labute approximate surface area is 87.8 Å². The van der Waals surface area contributed by atoms with E-state index in [0.29, 0.717) is 26.1 Å². The second-order valence-corrected chi connectivity index (χ2v) is 2.87. The zero-order chi connectivity index (χ0) is 11.1. The molecule has 1 aromatic heterocycles. The Morgan fingerprint density at radius 1 is 1.73 bits per heavy atom. The molecule has 15 heavy (non-hydrogen) atoms. The van der Waals surface area contributed by atoms with E-state index in [1.54, 1.807) is 6.20 Å². The molecule has 0 atom stereocenters. The van der Waals surface area contributed by atoms with Gasteiger partial charge in [-0.15, -0.1) is 17.4 Å². The van der Waals surface area contributed by atoms with E-state index in [2.05, 4.69) is 21.5 Å². The van der Waals surface area contributed by atoms with Crippen molar-refractivity contribution in [2.75, 3.05) is 13.1 Å². The second-order valence-electron chi connectivity index (χ2n) is 2.87. The topological polar surface area (TPSA) is 85.8 Å². The normalized spacial score (nSPS) is 9.60.